The average Bonchev–Trinajstić information content (AvgIpc) is 2.44. The predicted molar refractivity (Wildman–Crippen MR) is 100 cm³/mol. The second-order valence-corrected chi connectivity index (χ2v) is 8.51. The first-order valence-corrected chi connectivity index (χ1v) is 8.23. The van der Waals surface area contributed by atoms with Crippen molar-refractivity contribution in [3.8, 4) is 0 Å². The fraction of sp³-hybridized carbons (Fsp3) is 0.375. The highest BCUT2D eigenvalue weighted by Gasteiger charge is 2.22. The number of rotatable bonds is 3. The summed E-state index contributed by atoms with van der Waals surface area (Å²) in [5, 5.41) is 2.50. The molecule has 0 bridgehead atoms. The molecule has 0 atom stereocenters. The quantitative estimate of drug-likeness (QED) is 0.444. The van der Waals surface area contributed by atoms with Crippen molar-refractivity contribution in [2.75, 3.05) is 6.61 Å². The smallest absolute Gasteiger partial charge is 0.412 e. The van der Waals surface area contributed by atoms with Crippen molar-refractivity contribution in [2.45, 2.75) is 24.6 Å². The molecule has 1 aromatic carbocycles. The first-order valence-electron chi connectivity index (χ1n) is 7.09. The maximum absolute atomic E-state index is 11.9. The van der Waals surface area contributed by atoms with Gasteiger partial charge in [-0.25, -0.2) is 9.79 Å². The van der Waals surface area contributed by atoms with Crippen LogP contribution < -0.4 is 11.1 Å². The van der Waals surface area contributed by atoms with E-state index in [1.807, 2.05) is 39.0 Å². The number of nitrogens with one attached hydrogen (secondary N) is 1. The molecule has 0 fully saturated rings. The summed E-state index contributed by atoms with van der Waals surface area (Å²) in [6.45, 7) is 5.45. The van der Waals surface area contributed by atoms with E-state index >= 15 is 0 Å². The number of para-hydroxylation sites is 1. The molecule has 1 amide bonds. The Kier molecular flexibility index (Phi) is 7.39. The summed E-state index contributed by atoms with van der Waals surface area (Å²) in [5.74, 6) is 0.225. The number of hydrogen-bond acceptors (Lipinski definition) is 4. The first kappa shape index (κ1) is 20.6. The van der Waals surface area contributed by atoms with E-state index in [2.05, 4.69) is 10.3 Å². The van der Waals surface area contributed by atoms with Crippen molar-refractivity contribution in [3.63, 3.8) is 0 Å². The lowest BCUT2D eigenvalue weighted by atomic mass is 9.92. The Labute approximate surface area is 156 Å². The number of nitrogens with zero attached hydrogens (tertiary/aromatic N) is 1. The Morgan fingerprint density at radius 2 is 1.83 bits per heavy atom. The lowest BCUT2D eigenvalue weighted by Crippen LogP contribution is -2.33. The molecule has 0 aliphatic heterocycles. The highest BCUT2D eigenvalue weighted by atomic mass is 35.6. The van der Waals surface area contributed by atoms with Gasteiger partial charge in [0, 0.05) is 17.2 Å². The number of carbonyl (C=O) groups is 1. The number of alkyl halides is 3. The zero-order valence-electron chi connectivity index (χ0n) is 13.6. The van der Waals surface area contributed by atoms with E-state index in [9.17, 15) is 4.79 Å². The molecular formula is C16H20Cl3N3O2. The minimum Gasteiger partial charge on any atom is -0.445 e. The van der Waals surface area contributed by atoms with Crippen LogP contribution in [0.4, 0.5) is 10.5 Å². The number of amidine groups is 1. The van der Waals surface area contributed by atoms with Crippen molar-refractivity contribution in [1.82, 2.24) is 5.32 Å². The fourth-order valence-electron chi connectivity index (χ4n) is 1.39. The van der Waals surface area contributed by atoms with Crippen LogP contribution in [0.1, 0.15) is 20.8 Å². The van der Waals surface area contributed by atoms with Gasteiger partial charge in [0.25, 0.3) is 0 Å². The second kappa shape index (κ2) is 8.60. The van der Waals surface area contributed by atoms with Crippen molar-refractivity contribution in [2.24, 2.45) is 16.1 Å². The third kappa shape index (κ3) is 8.43. The van der Waals surface area contributed by atoms with E-state index < -0.39 is 9.89 Å². The van der Waals surface area contributed by atoms with Gasteiger partial charge in [-0.15, -0.1) is 0 Å². The molecule has 0 spiro atoms. The highest BCUT2D eigenvalue weighted by molar-refractivity contribution is 6.67. The maximum atomic E-state index is 11.9. The second-order valence-electron chi connectivity index (χ2n) is 6.00. The van der Waals surface area contributed by atoms with Crippen LogP contribution in [0.3, 0.4) is 0 Å². The molecule has 5 nitrogen and oxygen atoms in total. The molecule has 0 unspecified atom stereocenters. The molecule has 0 saturated heterocycles. The zero-order chi connectivity index (χ0) is 18.4. The summed E-state index contributed by atoms with van der Waals surface area (Å²) in [5.41, 5.74) is 6.94. The van der Waals surface area contributed by atoms with Gasteiger partial charge in [-0.2, -0.15) is 0 Å². The number of ether oxygens (including phenoxy) is 1. The number of halogens is 3. The maximum Gasteiger partial charge on any atom is 0.412 e. The molecule has 0 aromatic heterocycles. The first-order chi connectivity index (χ1) is 11.0. The fourth-order valence-corrected chi connectivity index (χ4v) is 1.55. The van der Waals surface area contributed by atoms with E-state index in [1.54, 1.807) is 18.2 Å². The SMILES string of the molecule is CC(C)(C)C(N)=CC(=Nc1ccccc1)NC(=O)OCC(Cl)(Cl)Cl. The number of aliphatic imine (C=N–C) groups is 1. The van der Waals surface area contributed by atoms with Crippen LogP contribution in [0, 0.1) is 5.41 Å². The summed E-state index contributed by atoms with van der Waals surface area (Å²) in [6, 6.07) is 9.09. The van der Waals surface area contributed by atoms with Gasteiger partial charge in [0.05, 0.1) is 5.69 Å². The van der Waals surface area contributed by atoms with Crippen LogP contribution >= 0.6 is 34.8 Å². The zero-order valence-corrected chi connectivity index (χ0v) is 15.9. The summed E-state index contributed by atoms with van der Waals surface area (Å²) in [4.78, 5) is 16.2. The summed E-state index contributed by atoms with van der Waals surface area (Å²) < 4.78 is 3.16. The summed E-state index contributed by atoms with van der Waals surface area (Å²) in [7, 11) is 0. The number of alkyl carbamates (subject to hydrolysis) is 1. The Bertz CT molecular complexity index is 618. The molecule has 3 N–H and O–H groups in total. The average molecular weight is 393 g/mol. The molecule has 24 heavy (non-hydrogen) atoms. The molecule has 0 aliphatic rings. The topological polar surface area (TPSA) is 76.7 Å². The third-order valence-corrected chi connectivity index (χ3v) is 3.09. The Morgan fingerprint density at radius 1 is 1.25 bits per heavy atom. The van der Waals surface area contributed by atoms with E-state index in [0.717, 1.165) is 0 Å². The minimum atomic E-state index is -1.69. The van der Waals surface area contributed by atoms with E-state index in [0.29, 0.717) is 11.4 Å². The molecule has 0 saturated carbocycles. The van der Waals surface area contributed by atoms with Crippen molar-refractivity contribution in [3.05, 3.63) is 42.1 Å². The summed E-state index contributed by atoms with van der Waals surface area (Å²) in [6.07, 6.45) is 0.776. The van der Waals surface area contributed by atoms with E-state index in [-0.39, 0.29) is 17.9 Å². The van der Waals surface area contributed by atoms with E-state index in [1.165, 1.54) is 0 Å². The molecule has 0 radical (unpaired) electrons. The Balaban J connectivity index is 2.98. The Morgan fingerprint density at radius 3 is 2.33 bits per heavy atom. The predicted octanol–water partition coefficient (Wildman–Crippen LogP) is 4.70. The lowest BCUT2D eigenvalue weighted by molar-refractivity contribution is 0.154. The number of hydrogen-bond donors (Lipinski definition) is 2. The third-order valence-electron chi connectivity index (χ3n) is 2.76. The van der Waals surface area contributed by atoms with Gasteiger partial charge in [-0.3, -0.25) is 5.32 Å². The van der Waals surface area contributed by atoms with Gasteiger partial charge in [-0.1, -0.05) is 73.8 Å². The number of amides is 1. The van der Waals surface area contributed by atoms with Crippen molar-refractivity contribution in [1.29, 1.82) is 0 Å². The molecule has 132 valence electrons. The highest BCUT2D eigenvalue weighted by Crippen LogP contribution is 2.26. The van der Waals surface area contributed by atoms with Gasteiger partial charge in [0.15, 0.2) is 0 Å². The Hall–Kier alpha value is -1.43. The molecule has 0 aliphatic carbocycles. The number of allylic oxidation sites excluding steroid dienone is 1. The lowest BCUT2D eigenvalue weighted by Gasteiger charge is -2.19. The van der Waals surface area contributed by atoms with Gasteiger partial charge in [0.1, 0.15) is 12.4 Å². The van der Waals surface area contributed by atoms with Crippen molar-refractivity contribution < 1.29 is 9.53 Å². The summed E-state index contributed by atoms with van der Waals surface area (Å²) >= 11 is 16.7. The van der Waals surface area contributed by atoms with Crippen LogP contribution in [-0.2, 0) is 4.74 Å². The van der Waals surface area contributed by atoms with E-state index in [4.69, 9.17) is 45.3 Å². The molecule has 1 rings (SSSR count). The number of nitrogens with two attached hydrogens (primary N) is 1. The minimum absolute atomic E-state index is 0.225. The standard InChI is InChI=1S/C16H20Cl3N3O2/c1-15(2,3)12(20)9-13(21-11-7-5-4-6-8-11)22-14(23)24-10-16(17,18)19/h4-9H,10,20H2,1-3H3,(H,21,22,23). The number of benzene rings is 1. The van der Waals surface area contributed by atoms with Crippen LogP contribution in [0.2, 0.25) is 0 Å². The number of carbonyl (C=O) groups excluding carboxylic acids is 1. The molecular weight excluding hydrogens is 373 g/mol. The van der Waals surface area contributed by atoms with Gasteiger partial charge in [-0.05, 0) is 12.1 Å². The monoisotopic (exact) mass is 391 g/mol. The van der Waals surface area contributed by atoms with Crippen LogP contribution in [0.5, 0.6) is 0 Å². The van der Waals surface area contributed by atoms with Gasteiger partial charge < -0.3 is 10.5 Å². The van der Waals surface area contributed by atoms with Crippen LogP contribution in [0.15, 0.2) is 47.1 Å². The van der Waals surface area contributed by atoms with Crippen molar-refractivity contribution >= 4 is 52.4 Å². The molecule has 8 heteroatoms. The van der Waals surface area contributed by atoms with Crippen LogP contribution in [0.25, 0.3) is 0 Å². The van der Waals surface area contributed by atoms with Gasteiger partial charge >= 0.3 is 6.09 Å². The largest absolute Gasteiger partial charge is 0.445 e. The van der Waals surface area contributed by atoms with Gasteiger partial charge in [0.2, 0.25) is 3.79 Å². The van der Waals surface area contributed by atoms with Crippen LogP contribution in [-0.4, -0.2) is 22.3 Å². The molecule has 1 aromatic rings. The molecule has 0 heterocycles. The normalized spacial score (nSPS) is 13.6.